The molecule has 23 heavy (non-hydrogen) atoms. The summed E-state index contributed by atoms with van der Waals surface area (Å²) in [6.45, 7) is 0.264. The molecule has 0 amide bonds. The lowest BCUT2D eigenvalue weighted by atomic mass is 9.93. The van der Waals surface area contributed by atoms with Crippen LogP contribution in [-0.4, -0.2) is 28.8 Å². The van der Waals surface area contributed by atoms with Crippen molar-refractivity contribution in [3.8, 4) is 11.1 Å². The van der Waals surface area contributed by atoms with Gasteiger partial charge in [-0.3, -0.25) is 4.79 Å². The number of nitrogens with two attached hydrogens (primary N) is 1. The summed E-state index contributed by atoms with van der Waals surface area (Å²) in [4.78, 5) is 11.1. The molecule has 4 heteroatoms. The van der Waals surface area contributed by atoms with Crippen LogP contribution in [0.15, 0.2) is 54.6 Å². The molecule has 0 radical (unpaired) electrons. The van der Waals surface area contributed by atoms with E-state index in [4.69, 9.17) is 10.8 Å². The molecule has 0 aliphatic carbocycles. The summed E-state index contributed by atoms with van der Waals surface area (Å²) in [5.74, 6) is -1.77. The van der Waals surface area contributed by atoms with Crippen molar-refractivity contribution < 1.29 is 15.0 Å². The van der Waals surface area contributed by atoms with Crippen LogP contribution in [0.2, 0.25) is 0 Å². The van der Waals surface area contributed by atoms with Crippen molar-refractivity contribution in [3.05, 3.63) is 60.2 Å². The van der Waals surface area contributed by atoms with Gasteiger partial charge in [0.2, 0.25) is 0 Å². The molecule has 2 unspecified atom stereocenters. The van der Waals surface area contributed by atoms with Crippen molar-refractivity contribution >= 4 is 5.97 Å². The van der Waals surface area contributed by atoms with Crippen molar-refractivity contribution in [2.75, 3.05) is 6.54 Å². The van der Waals surface area contributed by atoms with Gasteiger partial charge in [0, 0.05) is 0 Å². The third-order valence-electron chi connectivity index (χ3n) is 4.05. The Morgan fingerprint density at radius 2 is 1.57 bits per heavy atom. The van der Waals surface area contributed by atoms with E-state index in [0.717, 1.165) is 16.7 Å². The number of rotatable bonds is 8. The quantitative estimate of drug-likeness (QED) is 0.699. The predicted molar refractivity (Wildman–Crippen MR) is 91.0 cm³/mol. The number of aryl methyl sites for hydroxylation is 1. The second-order valence-electron chi connectivity index (χ2n) is 5.69. The van der Waals surface area contributed by atoms with E-state index in [1.807, 2.05) is 42.5 Å². The largest absolute Gasteiger partial charge is 0.481 e. The molecule has 0 aromatic heterocycles. The SMILES string of the molecule is NCCC(C(=O)O)C(O)CCc1ccc(-c2ccccc2)cc1. The summed E-state index contributed by atoms with van der Waals surface area (Å²) in [6, 6.07) is 18.2. The van der Waals surface area contributed by atoms with Crippen LogP contribution in [0.3, 0.4) is 0 Å². The lowest BCUT2D eigenvalue weighted by Crippen LogP contribution is -2.30. The van der Waals surface area contributed by atoms with E-state index >= 15 is 0 Å². The molecule has 0 spiro atoms. The minimum Gasteiger partial charge on any atom is -0.481 e. The number of hydrogen-bond acceptors (Lipinski definition) is 3. The number of benzene rings is 2. The molecule has 122 valence electrons. The first-order valence-corrected chi connectivity index (χ1v) is 7.87. The highest BCUT2D eigenvalue weighted by atomic mass is 16.4. The second kappa shape index (κ2) is 8.46. The van der Waals surface area contributed by atoms with Crippen molar-refractivity contribution in [2.24, 2.45) is 11.7 Å². The highest BCUT2D eigenvalue weighted by Gasteiger charge is 2.25. The van der Waals surface area contributed by atoms with Gasteiger partial charge in [0.1, 0.15) is 0 Å². The Labute approximate surface area is 136 Å². The van der Waals surface area contributed by atoms with Crippen molar-refractivity contribution in [3.63, 3.8) is 0 Å². The Balaban J connectivity index is 1.95. The smallest absolute Gasteiger partial charge is 0.309 e. The zero-order valence-corrected chi connectivity index (χ0v) is 13.1. The van der Waals surface area contributed by atoms with Crippen LogP contribution < -0.4 is 5.73 Å². The maximum Gasteiger partial charge on any atom is 0.309 e. The third kappa shape index (κ3) is 4.91. The van der Waals surface area contributed by atoms with Gasteiger partial charge in [-0.05, 0) is 42.5 Å². The van der Waals surface area contributed by atoms with Crippen LogP contribution in [0.5, 0.6) is 0 Å². The molecule has 0 saturated heterocycles. The molecular formula is C19H23NO3. The summed E-state index contributed by atoms with van der Waals surface area (Å²) < 4.78 is 0. The Hall–Kier alpha value is -2.17. The summed E-state index contributed by atoms with van der Waals surface area (Å²) in [5.41, 5.74) is 8.79. The van der Waals surface area contributed by atoms with Gasteiger partial charge < -0.3 is 15.9 Å². The topological polar surface area (TPSA) is 83.6 Å². The fourth-order valence-electron chi connectivity index (χ4n) is 2.67. The molecule has 0 fully saturated rings. The maximum absolute atomic E-state index is 11.1. The third-order valence-corrected chi connectivity index (χ3v) is 4.05. The Morgan fingerprint density at radius 1 is 0.957 bits per heavy atom. The zero-order valence-electron chi connectivity index (χ0n) is 13.1. The molecule has 2 atom stereocenters. The van der Waals surface area contributed by atoms with Crippen LogP contribution in [0.25, 0.3) is 11.1 Å². The number of aliphatic carboxylic acids is 1. The van der Waals surface area contributed by atoms with Gasteiger partial charge >= 0.3 is 5.97 Å². The van der Waals surface area contributed by atoms with E-state index in [0.29, 0.717) is 19.3 Å². The average molecular weight is 313 g/mol. The standard InChI is InChI=1S/C19H23NO3/c20-13-12-17(19(22)23)18(21)11-8-14-6-9-16(10-7-14)15-4-2-1-3-5-15/h1-7,9-10,17-18,21H,8,11-13,20H2,(H,22,23). The summed E-state index contributed by atoms with van der Waals surface area (Å²) in [5, 5.41) is 19.2. The summed E-state index contributed by atoms with van der Waals surface area (Å²) in [6.07, 6.45) is 0.486. The van der Waals surface area contributed by atoms with Crippen LogP contribution >= 0.6 is 0 Å². The van der Waals surface area contributed by atoms with E-state index in [-0.39, 0.29) is 6.54 Å². The van der Waals surface area contributed by atoms with E-state index < -0.39 is 18.0 Å². The molecule has 0 aliphatic heterocycles. The first kappa shape index (κ1) is 17.2. The van der Waals surface area contributed by atoms with Crippen molar-refractivity contribution in [1.29, 1.82) is 0 Å². The lowest BCUT2D eigenvalue weighted by molar-refractivity contribution is -0.146. The number of carboxylic acids is 1. The fraction of sp³-hybridized carbons (Fsp3) is 0.316. The average Bonchev–Trinajstić information content (AvgIpc) is 2.58. The van der Waals surface area contributed by atoms with E-state index in [2.05, 4.69) is 12.1 Å². The predicted octanol–water partition coefficient (Wildman–Crippen LogP) is 2.70. The van der Waals surface area contributed by atoms with Gasteiger partial charge in [-0.25, -0.2) is 0 Å². The highest BCUT2D eigenvalue weighted by Crippen LogP contribution is 2.21. The van der Waals surface area contributed by atoms with Gasteiger partial charge in [0.15, 0.2) is 0 Å². The van der Waals surface area contributed by atoms with Gasteiger partial charge in [-0.2, -0.15) is 0 Å². The first-order chi connectivity index (χ1) is 11.1. The van der Waals surface area contributed by atoms with Crippen LogP contribution in [0.4, 0.5) is 0 Å². The molecule has 4 N–H and O–H groups in total. The monoisotopic (exact) mass is 313 g/mol. The molecule has 2 aromatic carbocycles. The van der Waals surface area contributed by atoms with Crippen LogP contribution in [0, 0.1) is 5.92 Å². The molecule has 0 bridgehead atoms. The van der Waals surface area contributed by atoms with E-state index in [1.54, 1.807) is 0 Å². The van der Waals surface area contributed by atoms with E-state index in [9.17, 15) is 9.90 Å². The number of aliphatic hydroxyl groups is 1. The molecule has 0 saturated carbocycles. The Bertz CT molecular complexity index is 610. The normalized spacial score (nSPS) is 13.5. The highest BCUT2D eigenvalue weighted by molar-refractivity contribution is 5.70. The van der Waals surface area contributed by atoms with Gasteiger partial charge in [0.25, 0.3) is 0 Å². The minimum atomic E-state index is -0.984. The van der Waals surface area contributed by atoms with Crippen molar-refractivity contribution in [1.82, 2.24) is 0 Å². The van der Waals surface area contributed by atoms with Gasteiger partial charge in [-0.15, -0.1) is 0 Å². The van der Waals surface area contributed by atoms with Crippen LogP contribution in [-0.2, 0) is 11.2 Å². The molecule has 0 heterocycles. The number of hydrogen-bond donors (Lipinski definition) is 3. The fourth-order valence-corrected chi connectivity index (χ4v) is 2.67. The maximum atomic E-state index is 11.1. The van der Waals surface area contributed by atoms with Gasteiger partial charge in [-0.1, -0.05) is 54.6 Å². The summed E-state index contributed by atoms with van der Waals surface area (Å²) in [7, 11) is 0. The summed E-state index contributed by atoms with van der Waals surface area (Å²) >= 11 is 0. The molecular weight excluding hydrogens is 290 g/mol. The first-order valence-electron chi connectivity index (χ1n) is 7.87. The Morgan fingerprint density at radius 3 is 2.13 bits per heavy atom. The van der Waals surface area contributed by atoms with Crippen molar-refractivity contribution in [2.45, 2.75) is 25.4 Å². The Kier molecular flexibility index (Phi) is 6.32. The lowest BCUT2D eigenvalue weighted by Gasteiger charge is -2.18. The van der Waals surface area contributed by atoms with E-state index in [1.165, 1.54) is 0 Å². The molecule has 2 aromatic rings. The number of carbonyl (C=O) groups is 1. The molecule has 4 nitrogen and oxygen atoms in total. The number of carboxylic acid groups (broad SMARTS) is 1. The zero-order chi connectivity index (χ0) is 16.7. The molecule has 0 aliphatic rings. The van der Waals surface area contributed by atoms with Gasteiger partial charge in [0.05, 0.1) is 12.0 Å². The number of aliphatic hydroxyl groups excluding tert-OH is 1. The second-order valence-corrected chi connectivity index (χ2v) is 5.69. The minimum absolute atomic E-state index is 0.264. The molecule has 2 rings (SSSR count). The van der Waals surface area contributed by atoms with Crippen LogP contribution in [0.1, 0.15) is 18.4 Å².